The van der Waals surface area contributed by atoms with Crippen molar-refractivity contribution in [2.75, 3.05) is 6.61 Å². The second-order valence-electron chi connectivity index (χ2n) is 4.12. The third-order valence-electron chi connectivity index (χ3n) is 2.93. The van der Waals surface area contributed by atoms with Crippen LogP contribution in [0.4, 0.5) is 0 Å². The van der Waals surface area contributed by atoms with E-state index in [9.17, 15) is 4.79 Å². The minimum absolute atomic E-state index is 0.102. The molecule has 0 saturated heterocycles. The predicted molar refractivity (Wildman–Crippen MR) is 76.4 cm³/mol. The minimum atomic E-state index is -0.162. The summed E-state index contributed by atoms with van der Waals surface area (Å²) in [4.78, 5) is 13.2. The largest absolute Gasteiger partial charge is 0.394 e. The number of aromatic nitrogens is 2. The zero-order valence-corrected chi connectivity index (χ0v) is 10.9. The maximum Gasteiger partial charge on any atom is 0.274 e. The normalized spacial score (nSPS) is 11.0. The number of fused-ring (bicyclic) bond motifs is 1. The maximum atomic E-state index is 12.2. The Hall–Kier alpha value is -1.98. The quantitative estimate of drug-likeness (QED) is 0.794. The van der Waals surface area contributed by atoms with Crippen LogP contribution in [0.5, 0.6) is 0 Å². The van der Waals surface area contributed by atoms with Crippen LogP contribution < -0.4 is 5.56 Å². The standard InChI is InChI=1S/C14H12N2O2S/c17-8-7-16-14(18)11-5-2-1-4-10(11)13(15-16)12-6-3-9-19-12/h1-6,9,17H,7-8H2. The van der Waals surface area contributed by atoms with Gasteiger partial charge >= 0.3 is 0 Å². The van der Waals surface area contributed by atoms with E-state index in [-0.39, 0.29) is 18.7 Å². The van der Waals surface area contributed by atoms with E-state index < -0.39 is 0 Å². The van der Waals surface area contributed by atoms with Gasteiger partial charge in [-0.05, 0) is 17.5 Å². The molecule has 96 valence electrons. The summed E-state index contributed by atoms with van der Waals surface area (Å²) in [6.45, 7) is 0.108. The number of thiophene rings is 1. The number of aliphatic hydroxyl groups is 1. The molecule has 2 aromatic heterocycles. The Morgan fingerprint density at radius 2 is 1.95 bits per heavy atom. The molecule has 0 unspecified atom stereocenters. The summed E-state index contributed by atoms with van der Waals surface area (Å²) in [6.07, 6.45) is 0. The molecule has 0 fully saturated rings. The molecule has 0 atom stereocenters. The van der Waals surface area contributed by atoms with Crippen LogP contribution >= 0.6 is 11.3 Å². The van der Waals surface area contributed by atoms with E-state index in [4.69, 9.17) is 5.11 Å². The van der Waals surface area contributed by atoms with Crippen LogP contribution in [-0.2, 0) is 6.54 Å². The molecule has 0 spiro atoms. The van der Waals surface area contributed by atoms with Gasteiger partial charge in [0.05, 0.1) is 23.4 Å². The molecule has 19 heavy (non-hydrogen) atoms. The Balaban J connectivity index is 2.37. The van der Waals surface area contributed by atoms with E-state index in [0.29, 0.717) is 5.39 Å². The highest BCUT2D eigenvalue weighted by molar-refractivity contribution is 7.13. The molecule has 5 heteroatoms. The summed E-state index contributed by atoms with van der Waals surface area (Å²) in [7, 11) is 0. The molecular weight excluding hydrogens is 260 g/mol. The first kappa shape index (κ1) is 12.1. The van der Waals surface area contributed by atoms with Crippen LogP contribution in [-0.4, -0.2) is 21.5 Å². The van der Waals surface area contributed by atoms with Crippen LogP contribution in [0, 0.1) is 0 Å². The third kappa shape index (κ3) is 2.07. The molecule has 0 radical (unpaired) electrons. The van der Waals surface area contributed by atoms with Crippen molar-refractivity contribution in [1.29, 1.82) is 0 Å². The molecule has 0 aliphatic rings. The van der Waals surface area contributed by atoms with Gasteiger partial charge < -0.3 is 5.11 Å². The van der Waals surface area contributed by atoms with Crippen LogP contribution in [0.25, 0.3) is 21.3 Å². The SMILES string of the molecule is O=c1c2ccccc2c(-c2cccs2)nn1CCO. The maximum absolute atomic E-state index is 12.2. The number of aliphatic hydroxyl groups excluding tert-OH is 1. The summed E-state index contributed by atoms with van der Waals surface area (Å²) < 4.78 is 1.33. The van der Waals surface area contributed by atoms with Crippen LogP contribution in [0.3, 0.4) is 0 Å². The van der Waals surface area contributed by atoms with Crippen molar-refractivity contribution < 1.29 is 5.11 Å². The van der Waals surface area contributed by atoms with E-state index in [0.717, 1.165) is 16.0 Å². The zero-order valence-electron chi connectivity index (χ0n) is 10.1. The van der Waals surface area contributed by atoms with Crippen LogP contribution in [0.15, 0.2) is 46.6 Å². The van der Waals surface area contributed by atoms with E-state index in [1.54, 1.807) is 17.4 Å². The lowest BCUT2D eigenvalue weighted by molar-refractivity contribution is 0.267. The highest BCUT2D eigenvalue weighted by atomic mass is 32.1. The summed E-state index contributed by atoms with van der Waals surface area (Å²) in [5.74, 6) is 0. The fourth-order valence-electron chi connectivity index (χ4n) is 2.08. The average molecular weight is 272 g/mol. The van der Waals surface area contributed by atoms with E-state index in [1.165, 1.54) is 4.68 Å². The van der Waals surface area contributed by atoms with Gasteiger partial charge in [0.25, 0.3) is 5.56 Å². The molecule has 0 saturated carbocycles. The molecule has 0 aliphatic carbocycles. The van der Waals surface area contributed by atoms with Gasteiger partial charge in [0.15, 0.2) is 0 Å². The Morgan fingerprint density at radius 3 is 2.63 bits per heavy atom. The van der Waals surface area contributed by atoms with Crippen molar-refractivity contribution in [3.8, 4) is 10.6 Å². The summed E-state index contributed by atoms with van der Waals surface area (Å²) in [5.41, 5.74) is 0.628. The molecule has 0 amide bonds. The van der Waals surface area contributed by atoms with Crippen LogP contribution in [0.2, 0.25) is 0 Å². The van der Waals surface area contributed by atoms with Gasteiger partial charge in [-0.3, -0.25) is 4.79 Å². The number of benzene rings is 1. The summed E-state index contributed by atoms with van der Waals surface area (Å²) in [5, 5.41) is 16.9. The predicted octanol–water partition coefficient (Wildman–Crippen LogP) is 2.12. The Morgan fingerprint density at radius 1 is 1.16 bits per heavy atom. The fourth-order valence-corrected chi connectivity index (χ4v) is 2.80. The van der Waals surface area contributed by atoms with Crippen LogP contribution in [0.1, 0.15) is 0 Å². The lowest BCUT2D eigenvalue weighted by Crippen LogP contribution is -2.25. The molecule has 2 heterocycles. The Labute approximate surface area is 113 Å². The van der Waals surface area contributed by atoms with E-state index >= 15 is 0 Å². The second kappa shape index (κ2) is 4.95. The van der Waals surface area contributed by atoms with Crippen molar-refractivity contribution >= 4 is 22.1 Å². The number of hydrogen-bond donors (Lipinski definition) is 1. The van der Waals surface area contributed by atoms with Crippen molar-refractivity contribution in [1.82, 2.24) is 9.78 Å². The van der Waals surface area contributed by atoms with Crippen molar-refractivity contribution in [2.45, 2.75) is 6.54 Å². The number of nitrogens with zero attached hydrogens (tertiary/aromatic N) is 2. The molecule has 3 aromatic rings. The molecule has 0 bridgehead atoms. The molecule has 1 N–H and O–H groups in total. The Kier molecular flexibility index (Phi) is 3.15. The highest BCUT2D eigenvalue weighted by Gasteiger charge is 2.12. The fraction of sp³-hybridized carbons (Fsp3) is 0.143. The molecule has 4 nitrogen and oxygen atoms in total. The van der Waals surface area contributed by atoms with E-state index in [2.05, 4.69) is 5.10 Å². The van der Waals surface area contributed by atoms with Crippen molar-refractivity contribution in [3.63, 3.8) is 0 Å². The lowest BCUT2D eigenvalue weighted by Gasteiger charge is -2.08. The third-order valence-corrected chi connectivity index (χ3v) is 3.81. The molecule has 3 rings (SSSR count). The summed E-state index contributed by atoms with van der Waals surface area (Å²) >= 11 is 1.58. The number of rotatable bonds is 3. The zero-order chi connectivity index (χ0) is 13.2. The van der Waals surface area contributed by atoms with Gasteiger partial charge in [0, 0.05) is 5.39 Å². The van der Waals surface area contributed by atoms with Crippen molar-refractivity contribution in [2.24, 2.45) is 0 Å². The first-order valence-electron chi connectivity index (χ1n) is 5.96. The monoisotopic (exact) mass is 272 g/mol. The van der Waals surface area contributed by atoms with Gasteiger partial charge in [0.1, 0.15) is 5.69 Å². The molecule has 1 aromatic carbocycles. The molecular formula is C14H12N2O2S. The number of hydrogen-bond acceptors (Lipinski definition) is 4. The van der Waals surface area contributed by atoms with Crippen molar-refractivity contribution in [3.05, 3.63) is 52.1 Å². The van der Waals surface area contributed by atoms with Gasteiger partial charge in [-0.25, -0.2) is 4.68 Å². The second-order valence-corrected chi connectivity index (χ2v) is 5.07. The van der Waals surface area contributed by atoms with Gasteiger partial charge in [-0.2, -0.15) is 5.10 Å². The van der Waals surface area contributed by atoms with Gasteiger partial charge in [0.2, 0.25) is 0 Å². The van der Waals surface area contributed by atoms with Gasteiger partial charge in [-0.15, -0.1) is 11.3 Å². The Bertz CT molecular complexity index is 763. The first-order chi connectivity index (χ1) is 9.31. The minimum Gasteiger partial charge on any atom is -0.394 e. The highest BCUT2D eigenvalue weighted by Crippen LogP contribution is 2.28. The lowest BCUT2D eigenvalue weighted by atomic mass is 10.1. The van der Waals surface area contributed by atoms with E-state index in [1.807, 2.05) is 35.7 Å². The first-order valence-corrected chi connectivity index (χ1v) is 6.84. The topological polar surface area (TPSA) is 55.1 Å². The smallest absolute Gasteiger partial charge is 0.274 e. The average Bonchev–Trinajstić information content (AvgIpc) is 2.96. The van der Waals surface area contributed by atoms with Gasteiger partial charge in [-0.1, -0.05) is 24.3 Å². The summed E-state index contributed by atoms with van der Waals surface area (Å²) in [6, 6.07) is 11.4. The molecule has 0 aliphatic heterocycles.